The van der Waals surface area contributed by atoms with Crippen molar-refractivity contribution in [3.63, 3.8) is 0 Å². The first-order valence-corrected chi connectivity index (χ1v) is 6.78. The number of hydrogen-bond acceptors (Lipinski definition) is 2. The van der Waals surface area contributed by atoms with Crippen molar-refractivity contribution in [2.24, 2.45) is 5.92 Å². The molecule has 1 saturated carbocycles. The van der Waals surface area contributed by atoms with E-state index >= 15 is 0 Å². The van der Waals surface area contributed by atoms with Crippen LogP contribution in [0.15, 0.2) is 30.3 Å². The summed E-state index contributed by atoms with van der Waals surface area (Å²) in [6, 6.07) is 10.3. The molecule has 3 atom stereocenters. The summed E-state index contributed by atoms with van der Waals surface area (Å²) < 4.78 is 0. The van der Waals surface area contributed by atoms with Crippen LogP contribution in [0.25, 0.3) is 0 Å². The summed E-state index contributed by atoms with van der Waals surface area (Å²) in [4.78, 5) is 14.1. The normalized spacial score (nSPS) is 30.8. The first-order valence-electron chi connectivity index (χ1n) is 6.78. The summed E-state index contributed by atoms with van der Waals surface area (Å²) in [7, 11) is 0. The van der Waals surface area contributed by atoms with Gasteiger partial charge in [0.15, 0.2) is 0 Å². The maximum absolute atomic E-state index is 12.2. The number of aliphatic hydroxyl groups excluding tert-OH is 1. The molecular formula is C15H19NO2. The molecule has 4 rings (SSSR count). The Labute approximate surface area is 107 Å². The van der Waals surface area contributed by atoms with E-state index in [2.05, 4.69) is 12.1 Å². The topological polar surface area (TPSA) is 40.5 Å². The van der Waals surface area contributed by atoms with E-state index in [0.717, 1.165) is 25.8 Å². The van der Waals surface area contributed by atoms with Gasteiger partial charge in [0.1, 0.15) is 0 Å². The van der Waals surface area contributed by atoms with Crippen LogP contribution in [0.3, 0.4) is 0 Å². The second-order valence-electron chi connectivity index (χ2n) is 5.41. The van der Waals surface area contributed by atoms with Crippen molar-refractivity contribution in [3.8, 4) is 0 Å². The van der Waals surface area contributed by atoms with Gasteiger partial charge in [-0.2, -0.15) is 0 Å². The Balaban J connectivity index is 1.67. The number of rotatable bonds is 3. The van der Waals surface area contributed by atoms with Crippen LogP contribution in [0.4, 0.5) is 0 Å². The van der Waals surface area contributed by atoms with Gasteiger partial charge in [0.25, 0.3) is 0 Å². The zero-order chi connectivity index (χ0) is 12.5. The van der Waals surface area contributed by atoms with Crippen LogP contribution in [-0.4, -0.2) is 34.6 Å². The zero-order valence-electron chi connectivity index (χ0n) is 10.5. The lowest BCUT2D eigenvalue weighted by Gasteiger charge is -2.47. The Morgan fingerprint density at radius 1 is 1.22 bits per heavy atom. The Hall–Kier alpha value is -1.35. The van der Waals surface area contributed by atoms with Crippen molar-refractivity contribution in [1.82, 2.24) is 4.90 Å². The Bertz CT molecular complexity index is 431. The molecule has 2 heterocycles. The molecule has 0 unspecified atom stereocenters. The summed E-state index contributed by atoms with van der Waals surface area (Å²) in [6.45, 7) is 0.737. The highest BCUT2D eigenvalue weighted by Gasteiger charge is 2.44. The van der Waals surface area contributed by atoms with Gasteiger partial charge in [-0.1, -0.05) is 30.3 Å². The molecule has 2 bridgehead atoms. The average Bonchev–Trinajstić information content (AvgIpc) is 2.40. The summed E-state index contributed by atoms with van der Waals surface area (Å²) in [5.41, 5.74) is 1.25. The molecule has 1 aromatic rings. The molecule has 3 nitrogen and oxygen atoms in total. The third-order valence-corrected chi connectivity index (χ3v) is 4.30. The lowest BCUT2D eigenvalue weighted by atomic mass is 9.77. The van der Waals surface area contributed by atoms with Gasteiger partial charge < -0.3 is 10.0 Å². The zero-order valence-corrected chi connectivity index (χ0v) is 10.5. The monoisotopic (exact) mass is 245 g/mol. The maximum Gasteiger partial charge on any atom is 0.226 e. The van der Waals surface area contributed by atoms with E-state index in [0.29, 0.717) is 6.42 Å². The number of aliphatic hydroxyl groups is 1. The SMILES string of the molecule is O=C1[C@@H]2CC[C@H]([C@H](O)C2)N1CCc1ccccc1. The van der Waals surface area contributed by atoms with Crippen LogP contribution in [0.2, 0.25) is 0 Å². The second kappa shape index (κ2) is 4.73. The summed E-state index contributed by atoms with van der Waals surface area (Å²) in [5, 5.41) is 9.99. The Morgan fingerprint density at radius 2 is 2.00 bits per heavy atom. The van der Waals surface area contributed by atoms with Gasteiger partial charge in [-0.3, -0.25) is 4.79 Å². The van der Waals surface area contributed by atoms with E-state index in [4.69, 9.17) is 0 Å². The van der Waals surface area contributed by atoms with Crippen LogP contribution in [0.1, 0.15) is 24.8 Å². The molecule has 2 saturated heterocycles. The molecule has 18 heavy (non-hydrogen) atoms. The number of carbonyl (C=O) groups excluding carboxylic acids is 1. The van der Waals surface area contributed by atoms with Crippen LogP contribution in [0, 0.1) is 5.92 Å². The Kier molecular flexibility index (Phi) is 3.08. The van der Waals surface area contributed by atoms with Crippen molar-refractivity contribution in [1.29, 1.82) is 0 Å². The molecule has 3 aliphatic rings. The van der Waals surface area contributed by atoms with Crippen molar-refractivity contribution >= 4 is 5.91 Å². The van der Waals surface area contributed by atoms with Gasteiger partial charge in [-0.25, -0.2) is 0 Å². The first-order chi connectivity index (χ1) is 8.75. The smallest absolute Gasteiger partial charge is 0.226 e. The number of amides is 1. The van der Waals surface area contributed by atoms with Gasteiger partial charge in [-0.05, 0) is 31.2 Å². The van der Waals surface area contributed by atoms with Gasteiger partial charge in [0.2, 0.25) is 5.91 Å². The summed E-state index contributed by atoms with van der Waals surface area (Å²) >= 11 is 0. The van der Waals surface area contributed by atoms with Crippen LogP contribution >= 0.6 is 0 Å². The largest absolute Gasteiger partial charge is 0.391 e. The average molecular weight is 245 g/mol. The molecule has 1 aliphatic carbocycles. The maximum atomic E-state index is 12.2. The quantitative estimate of drug-likeness (QED) is 0.878. The fraction of sp³-hybridized carbons (Fsp3) is 0.533. The van der Waals surface area contributed by atoms with Gasteiger partial charge >= 0.3 is 0 Å². The van der Waals surface area contributed by atoms with Crippen molar-refractivity contribution in [3.05, 3.63) is 35.9 Å². The number of hydrogen-bond donors (Lipinski definition) is 1. The molecule has 1 amide bonds. The highest BCUT2D eigenvalue weighted by atomic mass is 16.3. The minimum atomic E-state index is -0.308. The van der Waals surface area contributed by atoms with Gasteiger partial charge in [0.05, 0.1) is 12.1 Å². The Morgan fingerprint density at radius 3 is 2.72 bits per heavy atom. The molecule has 0 radical (unpaired) electrons. The van der Waals surface area contributed by atoms with Crippen molar-refractivity contribution in [2.45, 2.75) is 37.8 Å². The van der Waals surface area contributed by atoms with Gasteiger partial charge in [0, 0.05) is 12.5 Å². The predicted molar refractivity (Wildman–Crippen MR) is 69.0 cm³/mol. The van der Waals surface area contributed by atoms with Gasteiger partial charge in [-0.15, -0.1) is 0 Å². The number of piperidine rings is 2. The standard InChI is InChI=1S/C15H19NO2/c17-14-10-12-6-7-13(14)16(15(12)18)9-8-11-4-2-1-3-5-11/h1-5,12-14,17H,6-10H2/t12-,13-,14-/m1/s1. The summed E-state index contributed by atoms with van der Waals surface area (Å²) in [5.74, 6) is 0.327. The van der Waals surface area contributed by atoms with Crippen molar-refractivity contribution in [2.75, 3.05) is 6.54 Å². The lowest BCUT2D eigenvalue weighted by molar-refractivity contribution is -0.156. The molecular weight excluding hydrogens is 226 g/mol. The molecule has 2 aliphatic heterocycles. The predicted octanol–water partition coefficient (Wildman–Crippen LogP) is 1.60. The number of fused-ring (bicyclic) bond motifs is 3. The van der Waals surface area contributed by atoms with Crippen LogP contribution in [-0.2, 0) is 11.2 Å². The highest BCUT2D eigenvalue weighted by molar-refractivity contribution is 5.81. The molecule has 0 aromatic heterocycles. The fourth-order valence-corrected chi connectivity index (χ4v) is 3.29. The molecule has 3 heteroatoms. The molecule has 3 fully saturated rings. The molecule has 1 aromatic carbocycles. The van der Waals surface area contributed by atoms with Crippen LogP contribution in [0.5, 0.6) is 0 Å². The minimum Gasteiger partial charge on any atom is -0.391 e. The van der Waals surface area contributed by atoms with E-state index in [1.54, 1.807) is 0 Å². The van der Waals surface area contributed by atoms with E-state index in [1.807, 2.05) is 23.1 Å². The highest BCUT2D eigenvalue weighted by Crippen LogP contribution is 2.36. The van der Waals surface area contributed by atoms with E-state index < -0.39 is 0 Å². The fourth-order valence-electron chi connectivity index (χ4n) is 3.29. The van der Waals surface area contributed by atoms with Crippen LogP contribution < -0.4 is 0 Å². The van der Waals surface area contributed by atoms with Crippen molar-refractivity contribution < 1.29 is 9.90 Å². The van der Waals surface area contributed by atoms with E-state index in [-0.39, 0.29) is 24.0 Å². The molecule has 1 N–H and O–H groups in total. The molecule has 0 spiro atoms. The molecule has 96 valence electrons. The number of nitrogens with zero attached hydrogens (tertiary/aromatic N) is 1. The van der Waals surface area contributed by atoms with E-state index in [1.165, 1.54) is 5.56 Å². The first kappa shape index (κ1) is 11.7. The third-order valence-electron chi connectivity index (χ3n) is 4.30. The number of benzene rings is 1. The summed E-state index contributed by atoms with van der Waals surface area (Å²) in [6.07, 6.45) is 3.17. The minimum absolute atomic E-state index is 0.0613. The third kappa shape index (κ3) is 2.03. The van der Waals surface area contributed by atoms with E-state index in [9.17, 15) is 9.90 Å². The second-order valence-corrected chi connectivity index (χ2v) is 5.41. The number of carbonyl (C=O) groups is 1. The lowest BCUT2D eigenvalue weighted by Crippen LogP contribution is -2.59.